The van der Waals surface area contributed by atoms with Crippen molar-refractivity contribution in [3.05, 3.63) is 0 Å². The summed E-state index contributed by atoms with van der Waals surface area (Å²) in [5.41, 5.74) is 0.507. The molecule has 13 atom stereocenters. The zero-order valence-electron chi connectivity index (χ0n) is 22.8. The predicted molar refractivity (Wildman–Crippen MR) is 139 cm³/mol. The van der Waals surface area contributed by atoms with Gasteiger partial charge in [0, 0.05) is 24.8 Å². The van der Waals surface area contributed by atoms with Gasteiger partial charge in [-0.2, -0.15) is 8.42 Å². The number of nitrogens with one attached hydrogen (secondary N) is 1. The molecule has 0 aromatic heterocycles. The maximum Gasteiger partial charge on any atom is 0.291 e. The summed E-state index contributed by atoms with van der Waals surface area (Å²) in [4.78, 5) is 0. The summed E-state index contributed by atoms with van der Waals surface area (Å²) in [5.74, 6) is 6.24. The van der Waals surface area contributed by atoms with Crippen molar-refractivity contribution in [2.24, 2.45) is 52.8 Å². The summed E-state index contributed by atoms with van der Waals surface area (Å²) in [6, 6.07) is 0.823. The molecule has 0 aromatic carbocycles. The molecule has 6 rings (SSSR count). The van der Waals surface area contributed by atoms with Gasteiger partial charge in [0.2, 0.25) is 0 Å². The molecule has 0 bridgehead atoms. The molecule has 4 aliphatic carbocycles. The quantitative estimate of drug-likeness (QED) is 0.594. The molecule has 4 saturated carbocycles. The van der Waals surface area contributed by atoms with E-state index in [2.05, 4.69) is 33.0 Å². The molecule has 6 aliphatic rings. The Hall–Kier alpha value is -0.170. The van der Waals surface area contributed by atoms with Crippen LogP contribution in [0.3, 0.4) is 0 Å². The summed E-state index contributed by atoms with van der Waals surface area (Å²) in [7, 11) is -3.00. The number of sulfonamides is 1. The van der Waals surface area contributed by atoms with Crippen molar-refractivity contribution in [2.45, 2.75) is 116 Å². The Kier molecular flexibility index (Phi) is 6.23. The number of fused-ring (bicyclic) bond motifs is 6. The molecule has 200 valence electrons. The maximum absolute atomic E-state index is 11.9. The smallest absolute Gasteiger partial charge is 0.291 e. The molecule has 0 radical (unpaired) electrons. The second-order valence-corrected chi connectivity index (χ2v) is 16.5. The summed E-state index contributed by atoms with van der Waals surface area (Å²) in [6.07, 6.45) is 14.4. The molecular formula is C29H51N2O3S+. The second-order valence-electron chi connectivity index (χ2n) is 14.6. The number of primary sulfonamides is 1. The van der Waals surface area contributed by atoms with Gasteiger partial charge in [0.05, 0.1) is 18.0 Å². The monoisotopic (exact) mass is 507 g/mol. The molecular weight excluding hydrogens is 456 g/mol. The largest absolute Gasteiger partial charge is 0.370 e. The average Bonchev–Trinajstić information content (AvgIpc) is 3.23. The lowest BCUT2D eigenvalue weighted by Crippen LogP contribution is -2.93. The topological polar surface area (TPSA) is 72.0 Å². The van der Waals surface area contributed by atoms with Crippen molar-refractivity contribution in [1.29, 1.82) is 0 Å². The van der Waals surface area contributed by atoms with Crippen LogP contribution in [0.5, 0.6) is 0 Å². The molecule has 2 aliphatic heterocycles. The third-order valence-electron chi connectivity index (χ3n) is 12.6. The van der Waals surface area contributed by atoms with Crippen LogP contribution < -0.4 is 10.0 Å². The van der Waals surface area contributed by atoms with Crippen molar-refractivity contribution in [3.63, 3.8) is 0 Å². The molecule has 2 saturated heterocycles. The number of hydrogen-bond donors (Lipinski definition) is 2. The van der Waals surface area contributed by atoms with Gasteiger partial charge in [0.15, 0.2) is 0 Å². The molecule has 1 spiro atoms. The van der Waals surface area contributed by atoms with Crippen LogP contribution in [0.4, 0.5) is 0 Å². The number of quaternary nitrogens is 1. The molecule has 2 heterocycles. The Labute approximate surface area is 214 Å². The van der Waals surface area contributed by atoms with Gasteiger partial charge < -0.3 is 10.1 Å². The maximum atomic E-state index is 11.9. The highest BCUT2D eigenvalue weighted by molar-refractivity contribution is 7.83. The lowest BCUT2D eigenvalue weighted by Gasteiger charge is -2.53. The number of piperidine rings is 1. The van der Waals surface area contributed by atoms with E-state index in [0.29, 0.717) is 29.4 Å². The molecule has 3 N–H and O–H groups in total. The van der Waals surface area contributed by atoms with Gasteiger partial charge in [-0.05, 0) is 105 Å². The molecule has 35 heavy (non-hydrogen) atoms. The Balaban J connectivity index is 1.18. The third-order valence-corrected chi connectivity index (χ3v) is 13.5. The zero-order chi connectivity index (χ0) is 24.8. The lowest BCUT2D eigenvalue weighted by atomic mass is 9.52. The first-order chi connectivity index (χ1) is 16.5. The third kappa shape index (κ3) is 4.15. The van der Waals surface area contributed by atoms with Gasteiger partial charge in [-0.1, -0.05) is 27.7 Å². The first-order valence-electron chi connectivity index (χ1n) is 15.0. The Bertz CT molecular complexity index is 925. The van der Waals surface area contributed by atoms with E-state index in [9.17, 15) is 8.42 Å². The summed E-state index contributed by atoms with van der Waals surface area (Å²) < 4.78 is 32.6. The van der Waals surface area contributed by atoms with Crippen LogP contribution in [0.1, 0.15) is 91.9 Å². The highest BCUT2D eigenvalue weighted by Crippen LogP contribution is 2.66. The molecule has 0 amide bonds. The van der Waals surface area contributed by atoms with Gasteiger partial charge in [0.25, 0.3) is 10.0 Å². The summed E-state index contributed by atoms with van der Waals surface area (Å²) >= 11 is 0. The Morgan fingerprint density at radius 1 is 0.943 bits per heavy atom. The van der Waals surface area contributed by atoms with E-state index in [4.69, 9.17) is 4.74 Å². The summed E-state index contributed by atoms with van der Waals surface area (Å²) in [5, 5.41) is 3.87. The van der Waals surface area contributed by atoms with Gasteiger partial charge in [-0.15, -0.1) is 0 Å². The van der Waals surface area contributed by atoms with Gasteiger partial charge in [-0.25, -0.2) is 4.72 Å². The van der Waals surface area contributed by atoms with Gasteiger partial charge >= 0.3 is 0 Å². The molecule has 6 fully saturated rings. The normalized spacial score (nSPS) is 56.1. The first-order valence-corrected chi connectivity index (χ1v) is 16.9. The van der Waals surface area contributed by atoms with E-state index < -0.39 is 10.0 Å². The summed E-state index contributed by atoms with van der Waals surface area (Å²) in [6.45, 7) is 11.2. The number of ether oxygens (including phenoxy) is 1. The zero-order valence-corrected chi connectivity index (χ0v) is 23.7. The van der Waals surface area contributed by atoms with Crippen LogP contribution in [0.25, 0.3) is 0 Å². The fourth-order valence-electron chi connectivity index (χ4n) is 11.0. The Morgan fingerprint density at radius 3 is 2.51 bits per heavy atom. The van der Waals surface area contributed by atoms with E-state index in [1.165, 1.54) is 57.6 Å². The van der Waals surface area contributed by atoms with Crippen molar-refractivity contribution < 1.29 is 17.9 Å². The highest BCUT2D eigenvalue weighted by atomic mass is 32.2. The molecule has 13 unspecified atom stereocenters. The minimum atomic E-state index is -3.00. The SMILES string of the molecule is CC1CNC2C(C1)OC1(CCC3C(CC4C3CCC3CC([NH2+]S(C)(=O)=O)CCC34C)C(C)C1)C2C. The van der Waals surface area contributed by atoms with Crippen LogP contribution in [-0.2, 0) is 14.8 Å². The van der Waals surface area contributed by atoms with Crippen LogP contribution >= 0.6 is 0 Å². The molecule has 6 heteroatoms. The molecule has 0 aromatic rings. The van der Waals surface area contributed by atoms with Gasteiger partial charge in [0.1, 0.15) is 6.04 Å². The Morgan fingerprint density at radius 2 is 1.74 bits per heavy atom. The van der Waals surface area contributed by atoms with E-state index in [0.717, 1.165) is 54.9 Å². The minimum Gasteiger partial charge on any atom is -0.370 e. The average molecular weight is 508 g/mol. The van der Waals surface area contributed by atoms with E-state index in [-0.39, 0.29) is 11.6 Å². The molecule has 5 nitrogen and oxygen atoms in total. The van der Waals surface area contributed by atoms with E-state index >= 15 is 0 Å². The van der Waals surface area contributed by atoms with Crippen LogP contribution in [0.2, 0.25) is 0 Å². The number of hydrogen-bond acceptors (Lipinski definition) is 4. The van der Waals surface area contributed by atoms with Crippen molar-refractivity contribution in [2.75, 3.05) is 12.8 Å². The van der Waals surface area contributed by atoms with Crippen molar-refractivity contribution in [3.8, 4) is 0 Å². The number of rotatable bonds is 2. The second kappa shape index (κ2) is 8.68. The van der Waals surface area contributed by atoms with Crippen molar-refractivity contribution >= 4 is 10.0 Å². The number of nitrogens with two attached hydrogens (primary N) is 1. The van der Waals surface area contributed by atoms with Crippen LogP contribution in [0, 0.1) is 52.8 Å². The van der Waals surface area contributed by atoms with Crippen LogP contribution in [0.15, 0.2) is 0 Å². The fraction of sp³-hybridized carbons (Fsp3) is 1.00. The first kappa shape index (κ1) is 25.1. The van der Waals surface area contributed by atoms with Gasteiger partial charge in [-0.3, -0.25) is 0 Å². The fourth-order valence-corrected chi connectivity index (χ4v) is 11.9. The van der Waals surface area contributed by atoms with Crippen LogP contribution in [-0.4, -0.2) is 45.0 Å². The van der Waals surface area contributed by atoms with Crippen molar-refractivity contribution in [1.82, 2.24) is 5.32 Å². The van der Waals surface area contributed by atoms with E-state index in [1.807, 2.05) is 0 Å². The minimum absolute atomic E-state index is 0.0896. The van der Waals surface area contributed by atoms with E-state index in [1.54, 1.807) is 4.72 Å². The standard InChI is InChI=1S/C29H50N2O3S/c1-17-12-26-27(30-16-17)19(3)29(34-26)11-9-22-23-7-6-20-13-21(31-35(5,32)33)8-10-28(20,4)25(23)14-24(22)18(2)15-29/h17-27,30-31H,6-16H2,1-5H3/p+1. The predicted octanol–water partition coefficient (Wildman–Crippen LogP) is 3.94. The highest BCUT2D eigenvalue weighted by Gasteiger charge is 2.61. The lowest BCUT2D eigenvalue weighted by molar-refractivity contribution is -0.548.